The number of fused-ring (bicyclic) bond motifs is 1. The number of hydrogen-bond acceptors (Lipinski definition) is 5. The largest absolute Gasteiger partial charge is 0.425 e. The fourth-order valence-corrected chi connectivity index (χ4v) is 3.79. The molecular formula is C26H25N5O3Si. The first kappa shape index (κ1) is 23.7. The van der Waals surface area contributed by atoms with Gasteiger partial charge in [-0.15, -0.1) is 5.54 Å². The molecule has 176 valence electrons. The molecule has 0 spiro atoms. The van der Waals surface area contributed by atoms with Crippen LogP contribution >= 0.6 is 0 Å². The van der Waals surface area contributed by atoms with E-state index in [1.807, 2.05) is 60.7 Å². The van der Waals surface area contributed by atoms with E-state index in [0.717, 1.165) is 0 Å². The Kier molecular flexibility index (Phi) is 6.66. The van der Waals surface area contributed by atoms with E-state index in [-0.39, 0.29) is 17.7 Å². The van der Waals surface area contributed by atoms with Crippen LogP contribution in [0.5, 0.6) is 5.88 Å². The number of rotatable bonds is 4. The highest BCUT2D eigenvalue weighted by Crippen LogP contribution is 2.31. The van der Waals surface area contributed by atoms with Crippen molar-refractivity contribution in [2.45, 2.75) is 26.6 Å². The zero-order valence-corrected chi connectivity index (χ0v) is 20.9. The van der Waals surface area contributed by atoms with Crippen molar-refractivity contribution in [3.8, 4) is 17.3 Å². The van der Waals surface area contributed by atoms with Crippen molar-refractivity contribution in [2.24, 2.45) is 0 Å². The van der Waals surface area contributed by atoms with Gasteiger partial charge in [-0.25, -0.2) is 9.69 Å². The number of para-hydroxylation sites is 2. The van der Waals surface area contributed by atoms with Crippen molar-refractivity contribution in [1.29, 1.82) is 0 Å². The number of carbonyl (C=O) groups is 2. The van der Waals surface area contributed by atoms with Gasteiger partial charge in [0.1, 0.15) is 13.7 Å². The van der Waals surface area contributed by atoms with Crippen LogP contribution < -0.4 is 15.0 Å². The van der Waals surface area contributed by atoms with Gasteiger partial charge in [0.2, 0.25) is 17.7 Å². The summed E-state index contributed by atoms with van der Waals surface area (Å²) in [4.78, 5) is 38.4. The fourth-order valence-electron chi connectivity index (χ4n) is 3.28. The fraction of sp³-hybridized carbons (Fsp3) is 0.154. The summed E-state index contributed by atoms with van der Waals surface area (Å²) < 4.78 is 5.86. The number of benzene rings is 2. The predicted molar refractivity (Wildman–Crippen MR) is 139 cm³/mol. The second-order valence-corrected chi connectivity index (χ2v) is 13.6. The van der Waals surface area contributed by atoms with E-state index in [1.54, 1.807) is 6.20 Å². The number of H-pyrrole nitrogens is 1. The Morgan fingerprint density at radius 1 is 0.971 bits per heavy atom. The van der Waals surface area contributed by atoms with Gasteiger partial charge < -0.3 is 9.72 Å². The van der Waals surface area contributed by atoms with E-state index in [0.29, 0.717) is 28.0 Å². The summed E-state index contributed by atoms with van der Waals surface area (Å²) in [5.74, 6) is 2.86. The number of amides is 2. The van der Waals surface area contributed by atoms with Gasteiger partial charge in [-0.3, -0.25) is 10.1 Å². The van der Waals surface area contributed by atoms with Gasteiger partial charge in [-0.2, -0.15) is 9.97 Å². The molecule has 35 heavy (non-hydrogen) atoms. The maximum atomic E-state index is 13.6. The van der Waals surface area contributed by atoms with Crippen LogP contribution in [0, 0.1) is 11.5 Å². The molecule has 0 aliphatic heterocycles. The monoisotopic (exact) mass is 483 g/mol. The summed E-state index contributed by atoms with van der Waals surface area (Å²) >= 11 is 0. The smallest absolute Gasteiger partial charge is 0.390 e. The molecule has 0 saturated heterocycles. The third-order valence-electron chi connectivity index (χ3n) is 4.75. The number of hydrogen-bond donors (Lipinski definition) is 2. The molecule has 0 unspecified atom stereocenters. The highest BCUT2D eigenvalue weighted by molar-refractivity contribution is 6.83. The quantitative estimate of drug-likeness (QED) is 0.296. The lowest BCUT2D eigenvalue weighted by Gasteiger charge is -2.22. The lowest BCUT2D eigenvalue weighted by molar-refractivity contribution is -0.114. The van der Waals surface area contributed by atoms with Gasteiger partial charge in [0.25, 0.3) is 0 Å². The van der Waals surface area contributed by atoms with Crippen molar-refractivity contribution in [3.63, 3.8) is 0 Å². The molecule has 8 nitrogen and oxygen atoms in total. The van der Waals surface area contributed by atoms with Crippen LogP contribution in [0.3, 0.4) is 0 Å². The lowest BCUT2D eigenvalue weighted by Crippen LogP contribution is -2.29. The van der Waals surface area contributed by atoms with Gasteiger partial charge in [-0.05, 0) is 24.3 Å². The lowest BCUT2D eigenvalue weighted by atomic mass is 10.2. The number of ether oxygens (including phenoxy) is 1. The highest BCUT2D eigenvalue weighted by atomic mass is 28.3. The van der Waals surface area contributed by atoms with Crippen molar-refractivity contribution in [3.05, 3.63) is 72.4 Å². The van der Waals surface area contributed by atoms with Crippen LogP contribution in [0.25, 0.3) is 11.0 Å². The standard InChI is InChI=1S/C26H25N5O3Si/c1-18(32)28-25-29-23-22(19(17-27-23)15-16-35(2,3)4)24(30-25)34-26(33)31(20-11-7-5-8-12-20)21-13-9-6-10-14-21/h5-14,17H,1-4H3,(H2,27,28,29,30,32). The maximum Gasteiger partial charge on any atom is 0.425 e. The van der Waals surface area contributed by atoms with E-state index in [2.05, 4.69) is 51.4 Å². The molecule has 0 aliphatic rings. The molecule has 0 aliphatic carbocycles. The Morgan fingerprint density at radius 3 is 2.11 bits per heavy atom. The number of anilines is 3. The molecule has 0 fully saturated rings. The predicted octanol–water partition coefficient (Wildman–Crippen LogP) is 5.48. The Labute approximate surface area is 204 Å². The van der Waals surface area contributed by atoms with Crippen molar-refractivity contribution < 1.29 is 14.3 Å². The highest BCUT2D eigenvalue weighted by Gasteiger charge is 2.24. The minimum Gasteiger partial charge on any atom is -0.390 e. The first-order chi connectivity index (χ1) is 16.7. The minimum absolute atomic E-state index is 0.00161. The Bertz CT molecular complexity index is 1390. The van der Waals surface area contributed by atoms with Crippen LogP contribution in [0.2, 0.25) is 19.6 Å². The number of nitrogens with zero attached hydrogens (tertiary/aromatic N) is 3. The number of carbonyl (C=O) groups excluding carboxylic acids is 2. The van der Waals surface area contributed by atoms with Crippen LogP contribution in [0.1, 0.15) is 12.5 Å². The first-order valence-electron chi connectivity index (χ1n) is 11.0. The average Bonchev–Trinajstić information content (AvgIpc) is 3.22. The molecule has 0 atom stereocenters. The molecule has 2 aromatic heterocycles. The molecular weight excluding hydrogens is 458 g/mol. The summed E-state index contributed by atoms with van der Waals surface area (Å²) in [6.07, 6.45) is 1.04. The van der Waals surface area contributed by atoms with Crippen LogP contribution in [-0.4, -0.2) is 35.0 Å². The van der Waals surface area contributed by atoms with Crippen LogP contribution in [0.15, 0.2) is 66.9 Å². The van der Waals surface area contributed by atoms with Crippen LogP contribution in [0.4, 0.5) is 22.1 Å². The summed E-state index contributed by atoms with van der Waals surface area (Å²) in [7, 11) is -1.68. The molecule has 2 aromatic carbocycles. The van der Waals surface area contributed by atoms with Gasteiger partial charge in [0, 0.05) is 13.1 Å². The second kappa shape index (κ2) is 9.83. The molecule has 2 heterocycles. The third kappa shape index (κ3) is 5.74. The van der Waals surface area contributed by atoms with E-state index in [1.165, 1.54) is 11.8 Å². The zero-order chi connectivity index (χ0) is 25.0. The second-order valence-electron chi connectivity index (χ2n) is 8.83. The van der Waals surface area contributed by atoms with E-state index in [4.69, 9.17) is 4.74 Å². The van der Waals surface area contributed by atoms with Gasteiger partial charge >= 0.3 is 6.09 Å². The van der Waals surface area contributed by atoms with Crippen molar-refractivity contribution in [2.75, 3.05) is 10.2 Å². The van der Waals surface area contributed by atoms with E-state index < -0.39 is 14.2 Å². The molecule has 0 saturated carbocycles. The summed E-state index contributed by atoms with van der Waals surface area (Å²) in [6, 6.07) is 18.4. The third-order valence-corrected chi connectivity index (χ3v) is 5.63. The summed E-state index contributed by atoms with van der Waals surface area (Å²) in [5.41, 5.74) is 5.58. The average molecular weight is 484 g/mol. The Morgan fingerprint density at radius 2 is 1.57 bits per heavy atom. The van der Waals surface area contributed by atoms with Crippen LogP contribution in [-0.2, 0) is 4.79 Å². The van der Waals surface area contributed by atoms with E-state index in [9.17, 15) is 9.59 Å². The normalized spacial score (nSPS) is 10.9. The van der Waals surface area contributed by atoms with E-state index >= 15 is 0 Å². The maximum absolute atomic E-state index is 13.6. The Balaban J connectivity index is 1.82. The SMILES string of the molecule is CC(=O)Nc1nc(OC(=O)N(c2ccccc2)c2ccccc2)c2c(C#C[Si](C)(C)C)c[nH]c2n1. The molecule has 4 aromatic rings. The van der Waals surface area contributed by atoms with Gasteiger partial charge in [-0.1, -0.05) is 62.0 Å². The molecule has 2 N–H and O–H groups in total. The minimum atomic E-state index is -1.68. The molecule has 2 amide bonds. The van der Waals surface area contributed by atoms with Gasteiger partial charge in [0.05, 0.1) is 22.3 Å². The zero-order valence-electron chi connectivity index (χ0n) is 19.9. The number of nitrogens with one attached hydrogen (secondary N) is 2. The molecule has 9 heteroatoms. The summed E-state index contributed by atoms with van der Waals surface area (Å²) in [5, 5.41) is 3.03. The number of aromatic nitrogens is 3. The molecule has 0 bridgehead atoms. The first-order valence-corrected chi connectivity index (χ1v) is 14.5. The molecule has 0 radical (unpaired) electrons. The number of aromatic amines is 1. The Hall–Kier alpha value is -4.42. The van der Waals surface area contributed by atoms with Gasteiger partial charge in [0.15, 0.2) is 0 Å². The summed E-state index contributed by atoms with van der Waals surface area (Å²) in [6.45, 7) is 7.77. The topological polar surface area (TPSA) is 100 Å². The van der Waals surface area contributed by atoms with Crippen molar-refractivity contribution in [1.82, 2.24) is 15.0 Å². The van der Waals surface area contributed by atoms with Crippen molar-refractivity contribution >= 4 is 48.4 Å². The molecule has 4 rings (SSSR count).